The number of esters is 1. The molecule has 4 N–H and O–H groups in total. The van der Waals surface area contributed by atoms with Crippen LogP contribution in [0.4, 0.5) is 11.4 Å². The molecule has 0 aliphatic carbocycles. The molecule has 1 aromatic rings. The van der Waals surface area contributed by atoms with E-state index in [1.165, 1.54) is 18.2 Å². The topological polar surface area (TPSA) is 81.6 Å². The zero-order valence-electron chi connectivity index (χ0n) is 10.2. The minimum Gasteiger partial charge on any atom is -0.466 e. The molecule has 0 aromatic heterocycles. The van der Waals surface area contributed by atoms with Crippen LogP contribution in [0.25, 0.3) is 6.08 Å². The Morgan fingerprint density at radius 2 is 2.12 bits per heavy atom. The predicted octanol–water partition coefficient (Wildman–Crippen LogP) is 1.07. The van der Waals surface area contributed by atoms with E-state index >= 15 is 0 Å². The summed E-state index contributed by atoms with van der Waals surface area (Å²) in [6, 6.07) is 3.66. The molecule has 1 rings (SSSR count). The molecule has 0 spiro atoms. The van der Waals surface area contributed by atoms with E-state index in [4.69, 9.17) is 11.6 Å². The average molecular weight is 235 g/mol. The molecule has 0 unspecified atom stereocenters. The number of methoxy groups -OCH3 is 1. The smallest absolute Gasteiger partial charge is 0.330 e. The lowest BCUT2D eigenvalue weighted by molar-refractivity contribution is -0.134. The minimum atomic E-state index is -0.400. The van der Waals surface area contributed by atoms with Crippen LogP contribution in [-0.2, 0) is 9.53 Å². The van der Waals surface area contributed by atoms with Crippen LogP contribution in [0.15, 0.2) is 18.2 Å². The first-order valence-electron chi connectivity index (χ1n) is 5.11. The summed E-state index contributed by atoms with van der Waals surface area (Å²) in [5.41, 5.74) is 9.03. The number of hydrazine groups is 1. The van der Waals surface area contributed by atoms with Gasteiger partial charge in [0.05, 0.1) is 18.5 Å². The largest absolute Gasteiger partial charge is 0.466 e. The van der Waals surface area contributed by atoms with E-state index in [1.807, 2.05) is 13.0 Å². The number of hydrogen-bond donors (Lipinski definition) is 2. The Labute approximate surface area is 101 Å². The van der Waals surface area contributed by atoms with Crippen molar-refractivity contribution in [1.82, 2.24) is 0 Å². The van der Waals surface area contributed by atoms with Gasteiger partial charge in [-0.15, -0.1) is 0 Å². The van der Waals surface area contributed by atoms with Crippen LogP contribution in [0, 0.1) is 6.92 Å². The summed E-state index contributed by atoms with van der Waals surface area (Å²) in [7, 11) is 3.05. The van der Waals surface area contributed by atoms with Gasteiger partial charge in [-0.2, -0.15) is 0 Å². The average Bonchev–Trinajstić information content (AvgIpc) is 2.30. The van der Waals surface area contributed by atoms with Gasteiger partial charge in [0.25, 0.3) is 0 Å². The van der Waals surface area contributed by atoms with Crippen molar-refractivity contribution in [2.75, 3.05) is 24.9 Å². The van der Waals surface area contributed by atoms with Crippen molar-refractivity contribution in [2.45, 2.75) is 6.92 Å². The first-order chi connectivity index (χ1) is 7.97. The van der Waals surface area contributed by atoms with E-state index in [1.54, 1.807) is 19.2 Å². The Hall–Kier alpha value is -2.01. The molecule has 0 aliphatic rings. The summed E-state index contributed by atoms with van der Waals surface area (Å²) in [5.74, 6) is 5.24. The van der Waals surface area contributed by atoms with Gasteiger partial charge in [-0.3, -0.25) is 0 Å². The summed E-state index contributed by atoms with van der Waals surface area (Å²) in [6.07, 6.45) is 3.02. The maximum absolute atomic E-state index is 11.0. The maximum Gasteiger partial charge on any atom is 0.330 e. The fourth-order valence-corrected chi connectivity index (χ4v) is 1.45. The molecule has 0 amide bonds. The molecule has 5 nitrogen and oxygen atoms in total. The quantitative estimate of drug-likeness (QED) is 0.269. The number of benzene rings is 1. The third kappa shape index (κ3) is 2.98. The Balaban J connectivity index is 3.09. The number of nitrogen functional groups attached to an aromatic ring is 1. The molecule has 0 bridgehead atoms. The number of anilines is 2. The molecular formula is C12H17N3O2. The van der Waals surface area contributed by atoms with Gasteiger partial charge in [-0.25, -0.2) is 10.6 Å². The van der Waals surface area contributed by atoms with Crippen molar-refractivity contribution in [3.05, 3.63) is 29.3 Å². The lowest BCUT2D eigenvalue weighted by atomic mass is 10.0. The highest BCUT2D eigenvalue weighted by atomic mass is 16.5. The Bertz CT molecular complexity index is 453. The van der Waals surface area contributed by atoms with Gasteiger partial charge in [-0.05, 0) is 30.2 Å². The van der Waals surface area contributed by atoms with E-state index in [2.05, 4.69) is 4.74 Å². The molecule has 92 valence electrons. The van der Waals surface area contributed by atoms with Crippen LogP contribution in [0.1, 0.15) is 11.1 Å². The highest BCUT2D eigenvalue weighted by Gasteiger charge is 2.07. The van der Waals surface area contributed by atoms with E-state index in [-0.39, 0.29) is 0 Å². The molecule has 0 heterocycles. The molecule has 0 atom stereocenters. The number of hydrogen-bond acceptors (Lipinski definition) is 5. The van der Waals surface area contributed by atoms with E-state index in [9.17, 15) is 4.79 Å². The van der Waals surface area contributed by atoms with Gasteiger partial charge >= 0.3 is 5.97 Å². The van der Waals surface area contributed by atoms with Gasteiger partial charge < -0.3 is 15.5 Å². The number of nitrogens with zero attached hydrogens (tertiary/aromatic N) is 1. The summed E-state index contributed by atoms with van der Waals surface area (Å²) in [4.78, 5) is 11.0. The SMILES string of the molecule is COC(=O)/C=C/c1ccc(N(C)N)c(N)c1C. The molecule has 0 saturated carbocycles. The summed E-state index contributed by atoms with van der Waals surface area (Å²) >= 11 is 0. The molecular weight excluding hydrogens is 218 g/mol. The lowest BCUT2D eigenvalue weighted by Gasteiger charge is -2.17. The molecule has 0 fully saturated rings. The van der Waals surface area contributed by atoms with Crippen molar-refractivity contribution in [2.24, 2.45) is 5.84 Å². The first kappa shape index (κ1) is 13.1. The van der Waals surface area contributed by atoms with Crippen molar-refractivity contribution >= 4 is 23.4 Å². The summed E-state index contributed by atoms with van der Waals surface area (Å²) in [5, 5.41) is 1.45. The Morgan fingerprint density at radius 1 is 1.47 bits per heavy atom. The van der Waals surface area contributed by atoms with Gasteiger partial charge in [-0.1, -0.05) is 6.07 Å². The van der Waals surface area contributed by atoms with E-state index < -0.39 is 5.97 Å². The van der Waals surface area contributed by atoms with Crippen LogP contribution >= 0.6 is 0 Å². The highest BCUT2D eigenvalue weighted by molar-refractivity contribution is 5.88. The number of carbonyl (C=O) groups is 1. The van der Waals surface area contributed by atoms with Crippen LogP contribution in [0.2, 0.25) is 0 Å². The molecule has 0 radical (unpaired) electrons. The van der Waals surface area contributed by atoms with Crippen LogP contribution in [0.5, 0.6) is 0 Å². The number of nitrogens with two attached hydrogens (primary N) is 2. The third-order valence-corrected chi connectivity index (χ3v) is 2.51. The molecule has 0 saturated heterocycles. The first-order valence-corrected chi connectivity index (χ1v) is 5.11. The van der Waals surface area contributed by atoms with Crippen LogP contribution in [-0.4, -0.2) is 20.1 Å². The van der Waals surface area contributed by atoms with E-state index in [0.29, 0.717) is 5.69 Å². The molecule has 17 heavy (non-hydrogen) atoms. The van der Waals surface area contributed by atoms with Crippen LogP contribution < -0.4 is 16.6 Å². The fourth-order valence-electron chi connectivity index (χ4n) is 1.45. The number of ether oxygens (including phenoxy) is 1. The van der Waals surface area contributed by atoms with Crippen molar-refractivity contribution in [1.29, 1.82) is 0 Å². The second-order valence-electron chi connectivity index (χ2n) is 3.68. The van der Waals surface area contributed by atoms with Gasteiger partial charge in [0.2, 0.25) is 0 Å². The zero-order valence-corrected chi connectivity index (χ0v) is 10.2. The standard InChI is InChI=1S/C12H17N3O2/c1-8-9(5-7-11(16)17-3)4-6-10(12(8)13)15(2)14/h4-7H,13-14H2,1-3H3/b7-5+. The van der Waals surface area contributed by atoms with Gasteiger partial charge in [0.15, 0.2) is 0 Å². The molecule has 0 aliphatic heterocycles. The van der Waals surface area contributed by atoms with Gasteiger partial charge in [0, 0.05) is 13.1 Å². The van der Waals surface area contributed by atoms with Gasteiger partial charge in [0.1, 0.15) is 0 Å². The normalized spacial score (nSPS) is 10.6. The maximum atomic E-state index is 11.0. The zero-order chi connectivity index (χ0) is 13.0. The predicted molar refractivity (Wildman–Crippen MR) is 69.2 cm³/mol. The van der Waals surface area contributed by atoms with Crippen molar-refractivity contribution < 1.29 is 9.53 Å². The second kappa shape index (κ2) is 5.36. The highest BCUT2D eigenvalue weighted by Crippen LogP contribution is 2.27. The Kier molecular flexibility index (Phi) is 4.12. The molecule has 1 aromatic carbocycles. The minimum absolute atomic E-state index is 0.400. The number of rotatable bonds is 3. The van der Waals surface area contributed by atoms with Crippen LogP contribution in [0.3, 0.4) is 0 Å². The van der Waals surface area contributed by atoms with E-state index in [0.717, 1.165) is 16.8 Å². The second-order valence-corrected chi connectivity index (χ2v) is 3.68. The van der Waals surface area contributed by atoms with Crippen molar-refractivity contribution in [3.63, 3.8) is 0 Å². The Morgan fingerprint density at radius 3 is 2.65 bits per heavy atom. The monoisotopic (exact) mass is 235 g/mol. The fraction of sp³-hybridized carbons (Fsp3) is 0.250. The summed E-state index contributed by atoms with van der Waals surface area (Å²) < 4.78 is 4.52. The third-order valence-electron chi connectivity index (χ3n) is 2.51. The lowest BCUT2D eigenvalue weighted by Crippen LogP contribution is -2.26. The number of carbonyl (C=O) groups excluding carboxylic acids is 1. The summed E-state index contributed by atoms with van der Waals surface area (Å²) in [6.45, 7) is 1.87. The van der Waals surface area contributed by atoms with Crippen molar-refractivity contribution in [3.8, 4) is 0 Å². The molecule has 5 heteroatoms.